The lowest BCUT2D eigenvalue weighted by molar-refractivity contribution is -0.119. The van der Waals surface area contributed by atoms with Crippen LogP contribution in [0, 0.1) is 10.8 Å². The molecule has 3 aliphatic rings. The summed E-state index contributed by atoms with van der Waals surface area (Å²) in [4.78, 5) is 30.3. The molecule has 7 heteroatoms. The molecule has 0 radical (unpaired) electrons. The number of ether oxygens (including phenoxy) is 2. The van der Waals surface area contributed by atoms with Crippen molar-refractivity contribution in [3.05, 3.63) is 80.1 Å². The Hall–Kier alpha value is -2.76. The smallest absolute Gasteiger partial charge is 0.180 e. The van der Waals surface area contributed by atoms with E-state index in [9.17, 15) is 9.59 Å². The summed E-state index contributed by atoms with van der Waals surface area (Å²) in [6, 6.07) is 11.2. The summed E-state index contributed by atoms with van der Waals surface area (Å²) in [6.45, 7) is 14.2. The fourth-order valence-electron chi connectivity index (χ4n) is 6.77. The number of Topliss-reactive ketones (excluding diaryl/α,β-unsaturated/α-hetero) is 2. The lowest BCUT2D eigenvalue weighted by Crippen LogP contribution is -2.44. The first-order valence-electron chi connectivity index (χ1n) is 15.0. The maximum Gasteiger partial charge on any atom is 0.180 e. The van der Waals surface area contributed by atoms with E-state index in [0.29, 0.717) is 41.0 Å². The van der Waals surface area contributed by atoms with Crippen molar-refractivity contribution in [2.24, 2.45) is 10.8 Å². The molecule has 0 saturated heterocycles. The quantitative estimate of drug-likeness (QED) is 0.299. The molecule has 5 rings (SSSR count). The van der Waals surface area contributed by atoms with Crippen LogP contribution in [0.3, 0.4) is 0 Å². The first kappa shape index (κ1) is 30.7. The molecule has 0 unspecified atom stereocenters. The molecular weight excluding hydrogens is 569 g/mol. The Bertz CT molecular complexity index is 1410. The molecule has 0 amide bonds. The van der Waals surface area contributed by atoms with E-state index < -0.39 is 5.92 Å². The van der Waals surface area contributed by atoms with E-state index in [1.165, 1.54) is 0 Å². The summed E-state index contributed by atoms with van der Waals surface area (Å²) in [5, 5.41) is 1.04. The number of carbonyl (C=O) groups excluding carboxylic acids is 2. The second-order valence-electron chi connectivity index (χ2n) is 13.4. The summed E-state index contributed by atoms with van der Waals surface area (Å²) in [5.74, 6) is 0.664. The minimum atomic E-state index is -0.489. The predicted octanol–water partition coefficient (Wildman–Crippen LogP) is 9.07. The maximum absolute atomic E-state index is 14.0. The van der Waals surface area contributed by atoms with Crippen LogP contribution in [0.4, 0.5) is 0 Å². The SMILES string of the molecule is CCCN1C2=C(C(=O)CC(C)(C)C2)C(c2cc(Cl)c(OCc3ccc(Cl)cc3)c(OCC)c2)C2=C1CC(C)(C)CC2=O. The number of ketones is 2. The molecule has 42 heavy (non-hydrogen) atoms. The number of rotatable bonds is 8. The van der Waals surface area contributed by atoms with Crippen LogP contribution in [0.2, 0.25) is 10.0 Å². The first-order chi connectivity index (χ1) is 19.8. The van der Waals surface area contributed by atoms with Gasteiger partial charge in [0.25, 0.3) is 0 Å². The van der Waals surface area contributed by atoms with Crippen molar-refractivity contribution in [2.75, 3.05) is 13.2 Å². The minimum absolute atomic E-state index is 0.105. The van der Waals surface area contributed by atoms with Crippen molar-refractivity contribution >= 4 is 34.8 Å². The number of nitrogens with zero attached hydrogens (tertiary/aromatic N) is 1. The van der Waals surface area contributed by atoms with Crippen LogP contribution >= 0.6 is 23.2 Å². The third-order valence-corrected chi connectivity index (χ3v) is 8.96. The van der Waals surface area contributed by atoms with Gasteiger partial charge in [0.05, 0.1) is 11.6 Å². The van der Waals surface area contributed by atoms with Gasteiger partial charge in [-0.3, -0.25) is 9.59 Å². The number of carbonyl (C=O) groups is 2. The van der Waals surface area contributed by atoms with Crippen molar-refractivity contribution in [2.45, 2.75) is 86.2 Å². The van der Waals surface area contributed by atoms with E-state index in [0.717, 1.165) is 59.5 Å². The zero-order chi connectivity index (χ0) is 30.4. The summed E-state index contributed by atoms with van der Waals surface area (Å²) < 4.78 is 12.2. The minimum Gasteiger partial charge on any atom is -0.490 e. The van der Waals surface area contributed by atoms with Crippen LogP contribution in [0.5, 0.6) is 11.5 Å². The molecule has 5 nitrogen and oxygen atoms in total. The van der Waals surface area contributed by atoms with E-state index in [2.05, 4.69) is 39.5 Å². The summed E-state index contributed by atoms with van der Waals surface area (Å²) in [6.07, 6.45) is 3.37. The van der Waals surface area contributed by atoms with E-state index in [1.807, 2.05) is 43.3 Å². The van der Waals surface area contributed by atoms with Crippen LogP contribution in [-0.4, -0.2) is 29.6 Å². The summed E-state index contributed by atoms with van der Waals surface area (Å²) in [7, 11) is 0. The van der Waals surface area contributed by atoms with Gasteiger partial charge in [0.2, 0.25) is 0 Å². The Kier molecular flexibility index (Phi) is 8.57. The molecular formula is C35H41Cl2NO4. The van der Waals surface area contributed by atoms with Crippen LogP contribution in [0.1, 0.15) is 90.7 Å². The monoisotopic (exact) mass is 609 g/mol. The van der Waals surface area contributed by atoms with Gasteiger partial charge in [-0.05, 0) is 72.4 Å². The van der Waals surface area contributed by atoms with Crippen LogP contribution in [-0.2, 0) is 16.2 Å². The average molecular weight is 611 g/mol. The van der Waals surface area contributed by atoms with Gasteiger partial charge in [-0.15, -0.1) is 0 Å². The molecule has 1 aliphatic heterocycles. The third-order valence-electron chi connectivity index (χ3n) is 8.43. The molecule has 2 aromatic carbocycles. The third kappa shape index (κ3) is 6.01. The van der Waals surface area contributed by atoms with Crippen LogP contribution in [0.25, 0.3) is 0 Å². The van der Waals surface area contributed by atoms with Crippen molar-refractivity contribution in [1.82, 2.24) is 4.90 Å². The molecule has 1 heterocycles. The molecule has 0 spiro atoms. The summed E-state index contributed by atoms with van der Waals surface area (Å²) in [5.41, 5.74) is 5.01. The molecule has 2 aliphatic carbocycles. The van der Waals surface area contributed by atoms with Crippen LogP contribution < -0.4 is 9.47 Å². The lowest BCUT2D eigenvalue weighted by Gasteiger charge is -2.49. The van der Waals surface area contributed by atoms with Gasteiger partial charge >= 0.3 is 0 Å². The second kappa shape index (κ2) is 11.7. The number of halogens is 2. The number of hydrogen-bond donors (Lipinski definition) is 0. The molecule has 0 saturated carbocycles. The second-order valence-corrected chi connectivity index (χ2v) is 14.2. The van der Waals surface area contributed by atoms with E-state index in [-0.39, 0.29) is 29.0 Å². The van der Waals surface area contributed by atoms with Gasteiger partial charge in [-0.2, -0.15) is 0 Å². The molecule has 0 atom stereocenters. The van der Waals surface area contributed by atoms with Crippen molar-refractivity contribution in [1.29, 1.82) is 0 Å². The van der Waals surface area contributed by atoms with Gasteiger partial charge in [-0.1, -0.05) is 70.0 Å². The average Bonchev–Trinajstić information content (AvgIpc) is 2.88. The Morgan fingerprint density at radius 3 is 1.93 bits per heavy atom. The Labute approximate surface area is 259 Å². The Balaban J connectivity index is 1.66. The lowest BCUT2D eigenvalue weighted by atomic mass is 9.63. The van der Waals surface area contributed by atoms with E-state index >= 15 is 0 Å². The number of hydrogen-bond acceptors (Lipinski definition) is 5. The van der Waals surface area contributed by atoms with Gasteiger partial charge in [0.15, 0.2) is 23.1 Å². The zero-order valence-electron chi connectivity index (χ0n) is 25.5. The molecule has 224 valence electrons. The Morgan fingerprint density at radius 2 is 1.40 bits per heavy atom. The molecule has 0 aromatic heterocycles. The topological polar surface area (TPSA) is 55.8 Å². The maximum atomic E-state index is 14.0. The van der Waals surface area contributed by atoms with Crippen molar-refractivity contribution in [3.8, 4) is 11.5 Å². The number of benzene rings is 2. The highest BCUT2D eigenvalue weighted by atomic mass is 35.5. The summed E-state index contributed by atoms with van der Waals surface area (Å²) >= 11 is 13.0. The van der Waals surface area contributed by atoms with E-state index in [1.54, 1.807) is 0 Å². The Morgan fingerprint density at radius 1 is 0.833 bits per heavy atom. The highest BCUT2D eigenvalue weighted by molar-refractivity contribution is 6.32. The predicted molar refractivity (Wildman–Crippen MR) is 168 cm³/mol. The van der Waals surface area contributed by atoms with Gasteiger partial charge < -0.3 is 14.4 Å². The fraction of sp³-hybridized carbons (Fsp3) is 0.486. The molecule has 2 aromatic rings. The zero-order valence-corrected chi connectivity index (χ0v) is 27.0. The van der Waals surface area contributed by atoms with Gasteiger partial charge in [-0.25, -0.2) is 0 Å². The highest BCUT2D eigenvalue weighted by Gasteiger charge is 2.49. The molecule has 0 fully saturated rings. The standard InChI is InChI=1S/C35H41Cl2NO4/c1-7-13-38-25-16-34(3,4)18-27(39)31(25)30(32-26(38)17-35(5,6)19-28(32)40)22-14-24(37)33(29(15-22)41-8-2)42-20-21-9-11-23(36)12-10-21/h9-12,14-15,30H,7-8,13,16-20H2,1-6H3. The van der Waals surface area contributed by atoms with Crippen molar-refractivity contribution in [3.63, 3.8) is 0 Å². The van der Waals surface area contributed by atoms with Gasteiger partial charge in [0, 0.05) is 52.9 Å². The van der Waals surface area contributed by atoms with Gasteiger partial charge in [0.1, 0.15) is 6.61 Å². The highest BCUT2D eigenvalue weighted by Crippen LogP contribution is 2.55. The molecule has 0 bridgehead atoms. The molecule has 0 N–H and O–H groups in total. The first-order valence-corrected chi connectivity index (χ1v) is 15.7. The van der Waals surface area contributed by atoms with Crippen LogP contribution in [0.15, 0.2) is 58.9 Å². The van der Waals surface area contributed by atoms with E-state index in [4.69, 9.17) is 32.7 Å². The normalized spacial score (nSPS) is 20.0. The largest absolute Gasteiger partial charge is 0.490 e. The fourth-order valence-corrected chi connectivity index (χ4v) is 7.17. The van der Waals surface area contributed by atoms with Crippen molar-refractivity contribution < 1.29 is 19.1 Å². The number of allylic oxidation sites excluding steroid dienone is 4.